The monoisotopic (exact) mass is 273 g/mol. The highest BCUT2D eigenvalue weighted by Crippen LogP contribution is 2.23. The first kappa shape index (κ1) is 14.4. The number of rotatable bonds is 7. The lowest BCUT2D eigenvalue weighted by atomic mass is 10.2. The lowest BCUT2D eigenvalue weighted by molar-refractivity contribution is 0.146. The van der Waals surface area contributed by atoms with E-state index < -0.39 is 6.10 Å². The van der Waals surface area contributed by atoms with Gasteiger partial charge in [0.25, 0.3) is 0 Å². The maximum atomic E-state index is 9.32. The van der Waals surface area contributed by atoms with Crippen LogP contribution in [-0.2, 0) is 0 Å². The number of nitrogens with two attached hydrogens (primary N) is 1. The minimum Gasteiger partial charge on any atom is -0.493 e. The third-order valence-corrected chi connectivity index (χ3v) is 2.79. The van der Waals surface area contributed by atoms with Gasteiger partial charge in [0, 0.05) is 13.0 Å². The van der Waals surface area contributed by atoms with Gasteiger partial charge in [-0.05, 0) is 36.4 Å². The minimum absolute atomic E-state index is 0.257. The topological polar surface area (TPSA) is 64.7 Å². The molecule has 1 unspecified atom stereocenters. The van der Waals surface area contributed by atoms with Crippen LogP contribution in [0, 0.1) is 0 Å². The van der Waals surface area contributed by atoms with E-state index in [2.05, 4.69) is 0 Å². The molecule has 0 aliphatic carbocycles. The van der Waals surface area contributed by atoms with E-state index in [1.54, 1.807) is 0 Å². The SMILES string of the molecule is NCC(O)CCOc1ccc(Oc2ccccc2)cc1. The highest BCUT2D eigenvalue weighted by atomic mass is 16.5. The zero-order chi connectivity index (χ0) is 14.2. The van der Waals surface area contributed by atoms with Gasteiger partial charge < -0.3 is 20.3 Å². The van der Waals surface area contributed by atoms with Crippen molar-refractivity contribution < 1.29 is 14.6 Å². The third kappa shape index (κ3) is 4.57. The Morgan fingerprint density at radius 1 is 0.900 bits per heavy atom. The lowest BCUT2D eigenvalue weighted by Crippen LogP contribution is -2.21. The molecule has 0 bridgehead atoms. The van der Waals surface area contributed by atoms with Gasteiger partial charge >= 0.3 is 0 Å². The number of ether oxygens (including phenoxy) is 2. The van der Waals surface area contributed by atoms with Crippen molar-refractivity contribution in [2.45, 2.75) is 12.5 Å². The number of hydrogen-bond acceptors (Lipinski definition) is 4. The fraction of sp³-hybridized carbons (Fsp3) is 0.250. The van der Waals surface area contributed by atoms with Crippen molar-refractivity contribution in [3.8, 4) is 17.2 Å². The second-order valence-corrected chi connectivity index (χ2v) is 4.41. The van der Waals surface area contributed by atoms with Crippen molar-refractivity contribution in [3.05, 3.63) is 54.6 Å². The van der Waals surface area contributed by atoms with Gasteiger partial charge in [-0.25, -0.2) is 0 Å². The molecule has 0 saturated carbocycles. The first-order valence-corrected chi connectivity index (χ1v) is 6.62. The second kappa shape index (κ2) is 7.53. The van der Waals surface area contributed by atoms with Crippen molar-refractivity contribution in [1.29, 1.82) is 0 Å². The molecule has 0 aliphatic rings. The summed E-state index contributed by atoms with van der Waals surface area (Å²) in [7, 11) is 0. The highest BCUT2D eigenvalue weighted by Gasteiger charge is 2.02. The van der Waals surface area contributed by atoms with Gasteiger partial charge in [0.2, 0.25) is 0 Å². The molecule has 0 heterocycles. The van der Waals surface area contributed by atoms with Crippen LogP contribution >= 0.6 is 0 Å². The van der Waals surface area contributed by atoms with Crippen LogP contribution in [0.25, 0.3) is 0 Å². The van der Waals surface area contributed by atoms with Gasteiger partial charge in [-0.15, -0.1) is 0 Å². The van der Waals surface area contributed by atoms with Crippen LogP contribution in [0.3, 0.4) is 0 Å². The zero-order valence-corrected chi connectivity index (χ0v) is 11.2. The summed E-state index contributed by atoms with van der Waals surface area (Å²) in [5.41, 5.74) is 5.32. The van der Waals surface area contributed by atoms with Gasteiger partial charge in [0.05, 0.1) is 12.7 Å². The molecule has 4 nitrogen and oxygen atoms in total. The predicted octanol–water partition coefficient (Wildman–Crippen LogP) is 2.57. The standard InChI is InChI=1S/C16H19NO3/c17-12-13(18)10-11-19-14-6-8-16(9-7-14)20-15-4-2-1-3-5-15/h1-9,13,18H,10-12,17H2. The number of aliphatic hydroxyl groups is 1. The normalized spacial score (nSPS) is 11.9. The number of benzene rings is 2. The molecule has 4 heteroatoms. The molecule has 1 atom stereocenters. The number of aliphatic hydroxyl groups excluding tert-OH is 1. The van der Waals surface area contributed by atoms with Crippen molar-refractivity contribution in [2.75, 3.05) is 13.2 Å². The Kier molecular flexibility index (Phi) is 5.41. The van der Waals surface area contributed by atoms with Gasteiger partial charge in [0.15, 0.2) is 0 Å². The largest absolute Gasteiger partial charge is 0.493 e. The molecule has 0 aromatic heterocycles. The summed E-state index contributed by atoms with van der Waals surface area (Å²) in [6.07, 6.45) is 0.0226. The van der Waals surface area contributed by atoms with E-state index in [4.69, 9.17) is 15.2 Å². The zero-order valence-electron chi connectivity index (χ0n) is 11.2. The third-order valence-electron chi connectivity index (χ3n) is 2.79. The summed E-state index contributed by atoms with van der Waals surface area (Å²) in [6.45, 7) is 0.699. The van der Waals surface area contributed by atoms with Gasteiger partial charge in [-0.1, -0.05) is 18.2 Å². The molecule has 0 amide bonds. The maximum absolute atomic E-state index is 9.32. The first-order chi connectivity index (χ1) is 9.78. The van der Waals surface area contributed by atoms with Crippen LogP contribution in [-0.4, -0.2) is 24.4 Å². The Labute approximate surface area is 118 Å². The van der Waals surface area contributed by atoms with Gasteiger partial charge in [-0.2, -0.15) is 0 Å². The van der Waals surface area contributed by atoms with Crippen molar-refractivity contribution >= 4 is 0 Å². The van der Waals surface area contributed by atoms with Gasteiger partial charge in [-0.3, -0.25) is 0 Å². The van der Waals surface area contributed by atoms with Crippen LogP contribution < -0.4 is 15.2 Å². The van der Waals surface area contributed by atoms with Crippen LogP contribution in [0.2, 0.25) is 0 Å². The van der Waals surface area contributed by atoms with E-state index in [1.165, 1.54) is 0 Å². The van der Waals surface area contributed by atoms with E-state index in [9.17, 15) is 5.11 Å². The van der Waals surface area contributed by atoms with E-state index in [-0.39, 0.29) is 6.54 Å². The lowest BCUT2D eigenvalue weighted by Gasteiger charge is -2.10. The Hall–Kier alpha value is -2.04. The Bertz CT molecular complexity index is 499. The Morgan fingerprint density at radius 2 is 1.50 bits per heavy atom. The summed E-state index contributed by atoms with van der Waals surface area (Å²) >= 11 is 0. The van der Waals surface area contributed by atoms with Crippen LogP contribution in [0.15, 0.2) is 54.6 Å². The van der Waals surface area contributed by atoms with Crippen LogP contribution in [0.1, 0.15) is 6.42 Å². The summed E-state index contributed by atoms with van der Waals surface area (Å²) in [5.74, 6) is 2.30. The summed E-state index contributed by atoms with van der Waals surface area (Å²) < 4.78 is 11.2. The molecule has 20 heavy (non-hydrogen) atoms. The molecule has 0 radical (unpaired) electrons. The average Bonchev–Trinajstić information content (AvgIpc) is 2.50. The molecular formula is C16H19NO3. The quantitative estimate of drug-likeness (QED) is 0.813. The van der Waals surface area contributed by atoms with E-state index in [0.29, 0.717) is 13.0 Å². The van der Waals surface area contributed by atoms with E-state index in [1.807, 2.05) is 54.6 Å². The maximum Gasteiger partial charge on any atom is 0.127 e. The van der Waals surface area contributed by atoms with Crippen molar-refractivity contribution in [3.63, 3.8) is 0 Å². The van der Waals surface area contributed by atoms with Crippen LogP contribution in [0.5, 0.6) is 17.2 Å². The fourth-order valence-corrected chi connectivity index (χ4v) is 1.66. The Balaban J connectivity index is 1.84. The average molecular weight is 273 g/mol. The predicted molar refractivity (Wildman–Crippen MR) is 78.1 cm³/mol. The molecule has 106 valence electrons. The first-order valence-electron chi connectivity index (χ1n) is 6.62. The summed E-state index contributed by atoms with van der Waals surface area (Å²) in [6, 6.07) is 17.0. The number of hydrogen-bond donors (Lipinski definition) is 2. The van der Waals surface area contributed by atoms with Gasteiger partial charge in [0.1, 0.15) is 17.2 Å². The van der Waals surface area contributed by atoms with Crippen LogP contribution in [0.4, 0.5) is 0 Å². The highest BCUT2D eigenvalue weighted by molar-refractivity contribution is 5.35. The second-order valence-electron chi connectivity index (χ2n) is 4.41. The smallest absolute Gasteiger partial charge is 0.127 e. The minimum atomic E-state index is -0.504. The molecular weight excluding hydrogens is 254 g/mol. The van der Waals surface area contributed by atoms with Crippen molar-refractivity contribution in [1.82, 2.24) is 0 Å². The molecule has 3 N–H and O–H groups in total. The fourth-order valence-electron chi connectivity index (χ4n) is 1.66. The summed E-state index contributed by atoms with van der Waals surface area (Å²) in [4.78, 5) is 0. The molecule has 0 aliphatic heterocycles. The Morgan fingerprint density at radius 3 is 2.15 bits per heavy atom. The summed E-state index contributed by atoms with van der Waals surface area (Å²) in [5, 5.41) is 9.32. The van der Waals surface area contributed by atoms with Crippen molar-refractivity contribution in [2.24, 2.45) is 5.73 Å². The number of para-hydroxylation sites is 1. The molecule has 2 rings (SSSR count). The van der Waals surface area contributed by atoms with E-state index in [0.717, 1.165) is 17.2 Å². The molecule has 2 aromatic carbocycles. The molecule has 0 fully saturated rings. The van der Waals surface area contributed by atoms with E-state index >= 15 is 0 Å². The molecule has 2 aromatic rings. The molecule has 0 saturated heterocycles. The molecule has 0 spiro atoms.